The van der Waals surface area contributed by atoms with Crippen LogP contribution in [0.3, 0.4) is 0 Å². The van der Waals surface area contributed by atoms with Crippen molar-refractivity contribution in [3.8, 4) is 0 Å². The van der Waals surface area contributed by atoms with Gasteiger partial charge in [0.1, 0.15) is 0 Å². The molecule has 0 heterocycles. The lowest BCUT2D eigenvalue weighted by atomic mass is 9.94. The van der Waals surface area contributed by atoms with Gasteiger partial charge in [0, 0.05) is 6.54 Å². The average Bonchev–Trinajstić information content (AvgIpc) is 1.83. The summed E-state index contributed by atoms with van der Waals surface area (Å²) in [6.45, 7) is 6.33. The topological polar surface area (TPSA) is 60.2 Å². The van der Waals surface area contributed by atoms with Gasteiger partial charge in [-0.1, -0.05) is 20.8 Å². The van der Waals surface area contributed by atoms with E-state index in [0.717, 1.165) is 0 Å². The summed E-state index contributed by atoms with van der Waals surface area (Å²) in [5, 5.41) is 0. The van der Waals surface area contributed by atoms with Gasteiger partial charge in [0.25, 0.3) is 0 Å². The number of hydrogen-bond donors (Lipinski definition) is 1. The van der Waals surface area contributed by atoms with Crippen molar-refractivity contribution < 1.29 is 8.42 Å². The van der Waals surface area contributed by atoms with Gasteiger partial charge < -0.3 is 5.73 Å². The van der Waals surface area contributed by atoms with E-state index in [1.807, 2.05) is 20.8 Å². The normalized spacial score (nSPS) is 13.3. The molecule has 12 heavy (non-hydrogen) atoms. The zero-order chi connectivity index (χ0) is 9.83. The maximum Gasteiger partial charge on any atom is 0.151 e. The van der Waals surface area contributed by atoms with Crippen LogP contribution in [0.15, 0.2) is 0 Å². The average molecular weight is 193 g/mol. The molecule has 0 radical (unpaired) electrons. The highest BCUT2D eigenvalue weighted by atomic mass is 32.2. The zero-order valence-electron chi connectivity index (χ0n) is 8.13. The van der Waals surface area contributed by atoms with Crippen LogP contribution in [0.1, 0.15) is 27.2 Å². The summed E-state index contributed by atoms with van der Waals surface area (Å²) in [6.07, 6.45) is 0.704. The molecule has 0 aliphatic rings. The first-order valence-electron chi connectivity index (χ1n) is 4.17. The fourth-order valence-electron chi connectivity index (χ4n) is 0.743. The molecule has 0 fully saturated rings. The standard InChI is InChI=1S/C8H19NO2S/c1-8(2,3)4-6-12(10,11)7-5-9/h4-7,9H2,1-3H3. The van der Waals surface area contributed by atoms with Crippen LogP contribution >= 0.6 is 0 Å². The maximum atomic E-state index is 11.2. The monoisotopic (exact) mass is 193 g/mol. The second kappa shape index (κ2) is 4.23. The largest absolute Gasteiger partial charge is 0.329 e. The molecule has 0 aliphatic heterocycles. The fraction of sp³-hybridized carbons (Fsp3) is 1.00. The van der Waals surface area contributed by atoms with Crippen molar-refractivity contribution in [2.75, 3.05) is 18.1 Å². The zero-order valence-corrected chi connectivity index (χ0v) is 8.95. The Bertz CT molecular complexity index is 214. The highest BCUT2D eigenvalue weighted by Gasteiger charge is 2.16. The minimum Gasteiger partial charge on any atom is -0.329 e. The van der Waals surface area contributed by atoms with Gasteiger partial charge in [-0.3, -0.25) is 0 Å². The Balaban J connectivity index is 3.94. The lowest BCUT2D eigenvalue weighted by molar-refractivity contribution is 0.397. The van der Waals surface area contributed by atoms with Crippen molar-refractivity contribution >= 4 is 9.84 Å². The van der Waals surface area contributed by atoms with Gasteiger partial charge in [-0.25, -0.2) is 8.42 Å². The smallest absolute Gasteiger partial charge is 0.151 e. The fourth-order valence-corrected chi connectivity index (χ4v) is 2.23. The second-order valence-corrected chi connectivity index (χ2v) is 6.55. The van der Waals surface area contributed by atoms with E-state index in [2.05, 4.69) is 0 Å². The molecule has 0 atom stereocenters. The molecule has 0 unspecified atom stereocenters. The van der Waals surface area contributed by atoms with Crippen LogP contribution in [0, 0.1) is 5.41 Å². The van der Waals surface area contributed by atoms with Crippen molar-refractivity contribution in [2.24, 2.45) is 11.1 Å². The van der Waals surface area contributed by atoms with E-state index >= 15 is 0 Å². The molecule has 0 amide bonds. The van der Waals surface area contributed by atoms with E-state index in [1.165, 1.54) is 0 Å². The molecule has 0 bridgehead atoms. The molecule has 0 saturated carbocycles. The highest BCUT2D eigenvalue weighted by Crippen LogP contribution is 2.19. The molecule has 0 aromatic rings. The predicted molar refractivity (Wildman–Crippen MR) is 51.8 cm³/mol. The van der Waals surface area contributed by atoms with E-state index in [9.17, 15) is 8.42 Å². The molecule has 0 aromatic heterocycles. The molecule has 3 nitrogen and oxygen atoms in total. The SMILES string of the molecule is CC(C)(C)CCS(=O)(=O)CCN. The van der Waals surface area contributed by atoms with Crippen molar-refractivity contribution in [1.29, 1.82) is 0 Å². The van der Waals surface area contributed by atoms with E-state index in [0.29, 0.717) is 6.42 Å². The lowest BCUT2D eigenvalue weighted by Crippen LogP contribution is -2.21. The Morgan fingerprint density at radius 1 is 1.17 bits per heavy atom. The molecular weight excluding hydrogens is 174 g/mol. The summed E-state index contributed by atoms with van der Waals surface area (Å²) in [5.74, 6) is 0.372. The van der Waals surface area contributed by atoms with E-state index in [4.69, 9.17) is 5.73 Å². The molecular formula is C8H19NO2S. The molecule has 0 spiro atoms. The number of rotatable bonds is 4. The molecule has 0 aliphatic carbocycles. The highest BCUT2D eigenvalue weighted by molar-refractivity contribution is 7.91. The van der Waals surface area contributed by atoms with Crippen LogP contribution in [0.5, 0.6) is 0 Å². The third-order valence-electron chi connectivity index (χ3n) is 1.59. The summed E-state index contributed by atoms with van der Waals surface area (Å²) < 4.78 is 22.4. The second-order valence-electron chi connectivity index (χ2n) is 4.25. The van der Waals surface area contributed by atoms with Gasteiger partial charge in [0.15, 0.2) is 9.84 Å². The maximum absolute atomic E-state index is 11.2. The van der Waals surface area contributed by atoms with E-state index in [-0.39, 0.29) is 23.5 Å². The quantitative estimate of drug-likeness (QED) is 0.718. The Kier molecular flexibility index (Phi) is 4.20. The molecule has 0 rings (SSSR count). The Morgan fingerprint density at radius 3 is 2.00 bits per heavy atom. The van der Waals surface area contributed by atoms with Gasteiger partial charge >= 0.3 is 0 Å². The van der Waals surface area contributed by atoms with E-state index in [1.54, 1.807) is 0 Å². The van der Waals surface area contributed by atoms with Crippen molar-refractivity contribution in [3.63, 3.8) is 0 Å². The summed E-state index contributed by atoms with van der Waals surface area (Å²) in [6, 6.07) is 0. The van der Waals surface area contributed by atoms with Crippen molar-refractivity contribution in [1.82, 2.24) is 0 Å². The van der Waals surface area contributed by atoms with Crippen molar-refractivity contribution in [2.45, 2.75) is 27.2 Å². The van der Waals surface area contributed by atoms with Gasteiger partial charge in [-0.05, 0) is 11.8 Å². The molecule has 0 aromatic carbocycles. The number of nitrogens with two attached hydrogens (primary N) is 1. The van der Waals surface area contributed by atoms with Crippen LogP contribution in [0.4, 0.5) is 0 Å². The first kappa shape index (κ1) is 11.9. The molecule has 0 saturated heterocycles. The molecule has 4 heteroatoms. The first-order valence-corrected chi connectivity index (χ1v) is 5.99. The summed E-state index contributed by atoms with van der Waals surface area (Å²) in [7, 11) is -2.89. The third kappa shape index (κ3) is 6.61. The Morgan fingerprint density at radius 2 is 1.67 bits per heavy atom. The summed E-state index contributed by atoms with van der Waals surface area (Å²) in [4.78, 5) is 0. The predicted octanol–water partition coefficient (Wildman–Crippen LogP) is 0.796. The Labute approximate surface area is 75.3 Å². The van der Waals surface area contributed by atoms with Gasteiger partial charge in [0.05, 0.1) is 11.5 Å². The third-order valence-corrected chi connectivity index (χ3v) is 3.28. The van der Waals surface area contributed by atoms with Crippen LogP contribution in [-0.4, -0.2) is 26.5 Å². The van der Waals surface area contributed by atoms with Crippen molar-refractivity contribution in [3.05, 3.63) is 0 Å². The Hall–Kier alpha value is -0.0900. The number of hydrogen-bond acceptors (Lipinski definition) is 3. The minimum atomic E-state index is -2.89. The molecule has 2 N–H and O–H groups in total. The van der Waals surface area contributed by atoms with Crippen LogP contribution < -0.4 is 5.73 Å². The first-order chi connectivity index (χ1) is 5.27. The van der Waals surface area contributed by atoms with Gasteiger partial charge in [0.2, 0.25) is 0 Å². The van der Waals surface area contributed by atoms with E-state index < -0.39 is 9.84 Å². The summed E-state index contributed by atoms with van der Waals surface area (Å²) in [5.41, 5.74) is 5.26. The van der Waals surface area contributed by atoms with Crippen LogP contribution in [0.25, 0.3) is 0 Å². The molecule has 74 valence electrons. The number of sulfone groups is 1. The van der Waals surface area contributed by atoms with Crippen LogP contribution in [0.2, 0.25) is 0 Å². The van der Waals surface area contributed by atoms with Gasteiger partial charge in [-0.15, -0.1) is 0 Å². The lowest BCUT2D eigenvalue weighted by Gasteiger charge is -2.17. The van der Waals surface area contributed by atoms with Crippen LogP contribution in [-0.2, 0) is 9.84 Å². The minimum absolute atomic E-state index is 0.0850. The summed E-state index contributed by atoms with van der Waals surface area (Å²) >= 11 is 0. The van der Waals surface area contributed by atoms with Gasteiger partial charge in [-0.2, -0.15) is 0 Å².